The Morgan fingerprint density at radius 3 is 1.66 bits per heavy atom. The number of hydrogen-bond donors (Lipinski definition) is 1. The van der Waals surface area contributed by atoms with Gasteiger partial charge in [0, 0.05) is 62.7 Å². The molecule has 0 radical (unpaired) electrons. The molecule has 4 heterocycles. The quantitative estimate of drug-likeness (QED) is 0.494. The standard InChI is InChI=1S/C33H53N7O3S/c1-23-19-37(29-14-10-25(17-35-29)32(3,4)5)21-27(39(23)31(41)16-34)12-13-28-22-38(20-24(2)40(28)44(9,42)43)30-15-11-26(18-36-30)33(6,7)8/h10-11,14-15,17-18,23-24,27-28H,12-13,16,19-22,34H2,1-9H3/t23-,24+,27+,28-/m0/s1. The van der Waals surface area contributed by atoms with Gasteiger partial charge in [0.25, 0.3) is 0 Å². The molecule has 2 N–H and O–H groups in total. The van der Waals surface area contributed by atoms with Crippen molar-refractivity contribution in [3.63, 3.8) is 0 Å². The molecule has 0 aromatic carbocycles. The maximum absolute atomic E-state index is 13.1. The lowest BCUT2D eigenvalue weighted by molar-refractivity contribution is -0.135. The summed E-state index contributed by atoms with van der Waals surface area (Å²) in [6, 6.07) is 7.67. The molecule has 10 nitrogen and oxygen atoms in total. The van der Waals surface area contributed by atoms with E-state index in [0.717, 1.165) is 17.2 Å². The number of amides is 1. The van der Waals surface area contributed by atoms with Crippen LogP contribution in [0.5, 0.6) is 0 Å². The summed E-state index contributed by atoms with van der Waals surface area (Å²) < 4.78 is 27.8. The van der Waals surface area contributed by atoms with Gasteiger partial charge in [-0.05, 0) is 60.8 Å². The number of carbonyl (C=O) groups excluding carboxylic acids is 1. The zero-order valence-electron chi connectivity index (χ0n) is 28.1. The van der Waals surface area contributed by atoms with Gasteiger partial charge in [-0.2, -0.15) is 4.31 Å². The number of sulfonamides is 1. The Kier molecular flexibility index (Phi) is 10.0. The van der Waals surface area contributed by atoms with Crippen LogP contribution in [0.2, 0.25) is 0 Å². The van der Waals surface area contributed by atoms with Gasteiger partial charge in [-0.15, -0.1) is 0 Å². The Balaban J connectivity index is 1.57. The topological polar surface area (TPSA) is 116 Å². The largest absolute Gasteiger partial charge is 0.353 e. The summed E-state index contributed by atoms with van der Waals surface area (Å²) in [5, 5.41) is 0. The molecule has 0 saturated carbocycles. The van der Waals surface area contributed by atoms with E-state index in [4.69, 9.17) is 15.7 Å². The highest BCUT2D eigenvalue weighted by Gasteiger charge is 2.40. The summed E-state index contributed by atoms with van der Waals surface area (Å²) in [6.07, 6.45) is 6.40. The number of anilines is 2. The number of piperazine rings is 2. The third-order valence-electron chi connectivity index (χ3n) is 9.05. The lowest BCUT2D eigenvalue weighted by Crippen LogP contribution is -2.62. The monoisotopic (exact) mass is 627 g/mol. The van der Waals surface area contributed by atoms with Crippen molar-refractivity contribution in [3.8, 4) is 0 Å². The molecule has 244 valence electrons. The van der Waals surface area contributed by atoms with Gasteiger partial charge in [-0.1, -0.05) is 53.7 Å². The number of rotatable bonds is 7. The van der Waals surface area contributed by atoms with E-state index in [1.165, 1.54) is 11.8 Å². The lowest BCUT2D eigenvalue weighted by Gasteiger charge is -2.48. The molecular formula is C33H53N7O3S. The third kappa shape index (κ3) is 7.72. The van der Waals surface area contributed by atoms with Crippen LogP contribution in [0.4, 0.5) is 11.6 Å². The first-order chi connectivity index (χ1) is 20.4. The van der Waals surface area contributed by atoms with Crippen LogP contribution in [0.3, 0.4) is 0 Å². The highest BCUT2D eigenvalue weighted by molar-refractivity contribution is 7.88. The molecule has 2 saturated heterocycles. The van der Waals surface area contributed by atoms with Crippen molar-refractivity contribution in [3.05, 3.63) is 47.8 Å². The fourth-order valence-electron chi connectivity index (χ4n) is 6.75. The van der Waals surface area contributed by atoms with Crippen LogP contribution in [0.15, 0.2) is 36.7 Å². The molecule has 0 unspecified atom stereocenters. The second-order valence-corrected chi connectivity index (χ2v) is 16.7. The van der Waals surface area contributed by atoms with Crippen molar-refractivity contribution in [2.24, 2.45) is 5.73 Å². The highest BCUT2D eigenvalue weighted by atomic mass is 32.2. The molecule has 44 heavy (non-hydrogen) atoms. The molecule has 0 spiro atoms. The smallest absolute Gasteiger partial charge is 0.236 e. The molecule has 11 heteroatoms. The Labute approximate surface area is 265 Å². The van der Waals surface area contributed by atoms with Gasteiger partial charge in [0.05, 0.1) is 12.8 Å². The van der Waals surface area contributed by atoms with Crippen LogP contribution in [0, 0.1) is 0 Å². The second-order valence-electron chi connectivity index (χ2n) is 14.8. The molecule has 0 bridgehead atoms. The summed E-state index contributed by atoms with van der Waals surface area (Å²) in [4.78, 5) is 29.0. The molecule has 4 rings (SSSR count). The van der Waals surface area contributed by atoms with Crippen LogP contribution >= 0.6 is 0 Å². The number of nitrogens with two attached hydrogens (primary N) is 1. The third-order valence-corrected chi connectivity index (χ3v) is 10.5. The minimum absolute atomic E-state index is 0.00164. The molecule has 1 amide bonds. The number of nitrogens with zero attached hydrogens (tertiary/aromatic N) is 6. The summed E-state index contributed by atoms with van der Waals surface area (Å²) in [6.45, 7) is 19.3. The van der Waals surface area contributed by atoms with Crippen LogP contribution in [0.1, 0.15) is 79.4 Å². The van der Waals surface area contributed by atoms with Gasteiger partial charge in [0.2, 0.25) is 15.9 Å². The molecule has 2 aliphatic rings. The fraction of sp³-hybridized carbons (Fsp3) is 0.667. The van der Waals surface area contributed by atoms with Gasteiger partial charge in [-0.3, -0.25) is 4.79 Å². The Bertz CT molecular complexity index is 1380. The van der Waals surface area contributed by atoms with Crippen molar-refractivity contribution < 1.29 is 13.2 Å². The number of aromatic nitrogens is 2. The number of pyridine rings is 2. The minimum Gasteiger partial charge on any atom is -0.353 e. The second kappa shape index (κ2) is 12.9. The molecule has 2 aromatic rings. The first-order valence-electron chi connectivity index (χ1n) is 15.8. The van der Waals surface area contributed by atoms with E-state index < -0.39 is 10.0 Å². The van der Waals surface area contributed by atoms with Gasteiger partial charge >= 0.3 is 0 Å². The maximum Gasteiger partial charge on any atom is 0.236 e. The Morgan fingerprint density at radius 1 is 0.795 bits per heavy atom. The van der Waals surface area contributed by atoms with Crippen molar-refractivity contribution >= 4 is 27.6 Å². The summed E-state index contributed by atoms with van der Waals surface area (Å²) >= 11 is 0. The molecule has 2 aliphatic heterocycles. The van der Waals surface area contributed by atoms with Crippen molar-refractivity contribution in [1.29, 1.82) is 0 Å². The predicted octanol–water partition coefficient (Wildman–Crippen LogP) is 3.76. The van der Waals surface area contributed by atoms with Crippen LogP contribution < -0.4 is 15.5 Å². The van der Waals surface area contributed by atoms with Crippen molar-refractivity contribution in [1.82, 2.24) is 19.2 Å². The summed E-state index contributed by atoms with van der Waals surface area (Å²) in [5.74, 6) is 1.65. The van der Waals surface area contributed by atoms with E-state index in [1.807, 2.05) is 30.3 Å². The van der Waals surface area contributed by atoms with E-state index in [-0.39, 0.29) is 47.4 Å². The first-order valence-corrected chi connectivity index (χ1v) is 17.7. The SMILES string of the molecule is C[C@@H]1CN(c2ccc(C(C)(C)C)cn2)C[C@H](CC[C@@H]2CN(c3ccc(C(C)(C)C)cn3)C[C@H](C)N2C(=O)CN)N1S(C)(=O)=O. The highest BCUT2D eigenvalue weighted by Crippen LogP contribution is 2.31. The molecule has 2 aromatic heterocycles. The van der Waals surface area contributed by atoms with Crippen molar-refractivity contribution in [2.75, 3.05) is 48.8 Å². The molecular weight excluding hydrogens is 574 g/mol. The van der Waals surface area contributed by atoms with Gasteiger partial charge < -0.3 is 20.4 Å². The average Bonchev–Trinajstić information content (AvgIpc) is 2.93. The predicted molar refractivity (Wildman–Crippen MR) is 179 cm³/mol. The van der Waals surface area contributed by atoms with E-state index in [0.29, 0.717) is 39.0 Å². The van der Waals surface area contributed by atoms with E-state index in [9.17, 15) is 13.2 Å². The molecule has 2 fully saturated rings. The van der Waals surface area contributed by atoms with Crippen LogP contribution in [-0.4, -0.2) is 96.6 Å². The zero-order valence-corrected chi connectivity index (χ0v) is 28.9. The molecule has 4 atom stereocenters. The molecule has 0 aliphatic carbocycles. The average molecular weight is 628 g/mol. The van der Waals surface area contributed by atoms with E-state index >= 15 is 0 Å². The minimum atomic E-state index is -3.46. The van der Waals surface area contributed by atoms with Gasteiger partial charge in [0.1, 0.15) is 11.6 Å². The normalized spacial score (nSPS) is 24.1. The zero-order chi connectivity index (χ0) is 32.6. The van der Waals surface area contributed by atoms with Crippen LogP contribution in [0.25, 0.3) is 0 Å². The maximum atomic E-state index is 13.1. The van der Waals surface area contributed by atoms with E-state index in [2.05, 4.69) is 76.5 Å². The van der Waals surface area contributed by atoms with Crippen LogP contribution in [-0.2, 0) is 25.6 Å². The van der Waals surface area contributed by atoms with Gasteiger partial charge in [-0.25, -0.2) is 18.4 Å². The van der Waals surface area contributed by atoms with E-state index in [1.54, 1.807) is 4.31 Å². The van der Waals surface area contributed by atoms with Crippen molar-refractivity contribution in [2.45, 2.75) is 103 Å². The Hall–Kier alpha value is -2.76. The Morgan fingerprint density at radius 2 is 1.25 bits per heavy atom. The lowest BCUT2D eigenvalue weighted by atomic mass is 9.88. The summed E-state index contributed by atoms with van der Waals surface area (Å²) in [7, 11) is -3.46. The number of carbonyl (C=O) groups is 1. The van der Waals surface area contributed by atoms with Gasteiger partial charge in [0.15, 0.2) is 0 Å². The number of hydrogen-bond acceptors (Lipinski definition) is 8. The summed E-state index contributed by atoms with van der Waals surface area (Å²) in [5.41, 5.74) is 8.20. The fourth-order valence-corrected chi connectivity index (χ4v) is 8.18. The first kappa shape index (κ1) is 34.1.